The van der Waals surface area contributed by atoms with Crippen LogP contribution in [0.3, 0.4) is 0 Å². The molecule has 3 amide bonds. The molecule has 9 nitrogen and oxygen atoms in total. The molecule has 5 N–H and O–H groups in total. The molecule has 1 unspecified atom stereocenters. The standard InChI is InChI=1S/C21H27F2N5O4S/c1-13-4-6-14(7-5-13)21(22,23)32-18-16(17(24)30)19(33-27-18)26-20(31)25-9-2-3-10-28-11-8-15(29)12-28/h4-7,15,29H,2-3,8-12H2,1H3,(H2,24,30)(H2,25,26,31). The zero-order valence-corrected chi connectivity index (χ0v) is 19.0. The van der Waals surface area contributed by atoms with E-state index in [0.29, 0.717) is 31.0 Å². The third kappa shape index (κ3) is 6.83. The third-order valence-electron chi connectivity index (χ3n) is 5.18. The topological polar surface area (TPSA) is 130 Å². The molecule has 1 saturated heterocycles. The Balaban J connectivity index is 1.53. The zero-order chi connectivity index (χ0) is 24.0. The molecule has 0 saturated carbocycles. The second kappa shape index (κ2) is 10.9. The summed E-state index contributed by atoms with van der Waals surface area (Å²) in [4.78, 5) is 26.2. The summed E-state index contributed by atoms with van der Waals surface area (Å²) < 4.78 is 37.5. The van der Waals surface area contributed by atoms with Crippen LogP contribution in [0.5, 0.6) is 5.88 Å². The van der Waals surface area contributed by atoms with Crippen LogP contribution >= 0.6 is 11.5 Å². The van der Waals surface area contributed by atoms with Gasteiger partial charge in [-0.05, 0) is 56.4 Å². The molecule has 1 aliphatic rings. The van der Waals surface area contributed by atoms with Gasteiger partial charge in [-0.15, -0.1) is 0 Å². The van der Waals surface area contributed by atoms with Gasteiger partial charge in [-0.3, -0.25) is 10.1 Å². The van der Waals surface area contributed by atoms with Crippen LogP contribution in [-0.4, -0.2) is 58.6 Å². The maximum atomic E-state index is 14.5. The summed E-state index contributed by atoms with van der Waals surface area (Å²) in [5, 5.41) is 14.5. The maximum Gasteiger partial charge on any atom is 0.427 e. The minimum atomic E-state index is -3.75. The molecular formula is C21H27F2N5O4S. The molecule has 0 bridgehead atoms. The van der Waals surface area contributed by atoms with Crippen LogP contribution in [0.25, 0.3) is 0 Å². The molecule has 12 heteroatoms. The smallest absolute Gasteiger partial charge is 0.409 e. The number of primary amides is 1. The predicted molar refractivity (Wildman–Crippen MR) is 120 cm³/mol. The Morgan fingerprint density at radius 1 is 1.33 bits per heavy atom. The van der Waals surface area contributed by atoms with Gasteiger partial charge in [0.25, 0.3) is 5.91 Å². The lowest BCUT2D eigenvalue weighted by molar-refractivity contribution is -0.187. The third-order valence-corrected chi connectivity index (χ3v) is 5.93. The van der Waals surface area contributed by atoms with E-state index in [1.165, 1.54) is 24.3 Å². The summed E-state index contributed by atoms with van der Waals surface area (Å²) in [6.07, 6.45) is -1.69. The number of benzene rings is 1. The molecule has 2 aromatic rings. The molecule has 2 heterocycles. The van der Waals surface area contributed by atoms with Crippen molar-refractivity contribution in [1.82, 2.24) is 14.6 Å². The molecule has 1 aliphatic heterocycles. The number of urea groups is 1. The summed E-state index contributed by atoms with van der Waals surface area (Å²) in [6.45, 7) is 4.50. The van der Waals surface area contributed by atoms with E-state index in [4.69, 9.17) is 10.5 Å². The number of aliphatic hydroxyl groups is 1. The number of carbonyl (C=O) groups excluding carboxylic acids is 2. The molecule has 0 spiro atoms. The van der Waals surface area contributed by atoms with Crippen molar-refractivity contribution in [3.8, 4) is 5.88 Å². The van der Waals surface area contributed by atoms with E-state index in [1.807, 2.05) is 0 Å². The molecule has 0 aliphatic carbocycles. The fraction of sp³-hybridized carbons (Fsp3) is 0.476. The van der Waals surface area contributed by atoms with Crippen molar-refractivity contribution in [3.63, 3.8) is 0 Å². The minimum Gasteiger partial charge on any atom is -0.409 e. The fourth-order valence-electron chi connectivity index (χ4n) is 3.40. The number of ether oxygens (including phenoxy) is 1. The number of halogens is 2. The van der Waals surface area contributed by atoms with Crippen LogP contribution < -0.4 is 21.1 Å². The van der Waals surface area contributed by atoms with Crippen LogP contribution in [0.1, 0.15) is 40.7 Å². The largest absolute Gasteiger partial charge is 0.427 e. The van der Waals surface area contributed by atoms with Crippen molar-refractivity contribution in [2.75, 3.05) is 31.5 Å². The first-order chi connectivity index (χ1) is 15.7. The second-order valence-corrected chi connectivity index (χ2v) is 8.65. The zero-order valence-electron chi connectivity index (χ0n) is 18.1. The van der Waals surface area contributed by atoms with Crippen LogP contribution in [0, 0.1) is 6.92 Å². The van der Waals surface area contributed by atoms with Crippen molar-refractivity contribution in [2.45, 2.75) is 38.4 Å². The molecule has 0 radical (unpaired) electrons. The summed E-state index contributed by atoms with van der Waals surface area (Å²) >= 11 is 0.620. The number of unbranched alkanes of at least 4 members (excludes halogenated alkanes) is 1. The predicted octanol–water partition coefficient (Wildman–Crippen LogP) is 2.65. The molecule has 1 atom stereocenters. The van der Waals surface area contributed by atoms with Gasteiger partial charge < -0.3 is 25.8 Å². The normalized spacial score (nSPS) is 16.5. The molecule has 3 rings (SSSR count). The Labute approximate surface area is 194 Å². The number of nitrogens with one attached hydrogen (secondary N) is 2. The Hall–Kier alpha value is -2.83. The van der Waals surface area contributed by atoms with Crippen molar-refractivity contribution >= 4 is 28.5 Å². The lowest BCUT2D eigenvalue weighted by Crippen LogP contribution is -2.31. The lowest BCUT2D eigenvalue weighted by atomic mass is 10.1. The quantitative estimate of drug-likeness (QED) is 0.385. The number of rotatable bonds is 10. The van der Waals surface area contributed by atoms with Gasteiger partial charge >= 0.3 is 12.1 Å². The van der Waals surface area contributed by atoms with E-state index in [-0.39, 0.29) is 11.1 Å². The first-order valence-corrected chi connectivity index (χ1v) is 11.3. The first kappa shape index (κ1) is 24.8. The number of hydrogen-bond acceptors (Lipinski definition) is 7. The van der Waals surface area contributed by atoms with Crippen molar-refractivity contribution in [3.05, 3.63) is 41.0 Å². The lowest BCUT2D eigenvalue weighted by Gasteiger charge is -2.17. The highest BCUT2D eigenvalue weighted by Gasteiger charge is 2.37. The molecule has 33 heavy (non-hydrogen) atoms. The number of hydrogen-bond donors (Lipinski definition) is 4. The number of nitrogens with zero attached hydrogens (tertiary/aromatic N) is 2. The Morgan fingerprint density at radius 3 is 2.70 bits per heavy atom. The average Bonchev–Trinajstić information content (AvgIpc) is 3.33. The van der Waals surface area contributed by atoms with Crippen LogP contribution in [0.2, 0.25) is 0 Å². The number of nitrogens with two attached hydrogens (primary N) is 1. The van der Waals surface area contributed by atoms with Gasteiger partial charge in [0.2, 0.25) is 5.88 Å². The second-order valence-electron chi connectivity index (χ2n) is 7.87. The number of aryl methyl sites for hydroxylation is 1. The van der Waals surface area contributed by atoms with Gasteiger partial charge in [-0.25, -0.2) is 4.79 Å². The summed E-state index contributed by atoms with van der Waals surface area (Å²) in [7, 11) is 0. The number of β-amino-alcohol motifs (C(OH)–C–C–N with tert-alkyl or cyclic N) is 1. The summed E-state index contributed by atoms with van der Waals surface area (Å²) in [5.74, 6) is -1.71. The van der Waals surface area contributed by atoms with Crippen molar-refractivity contribution in [2.24, 2.45) is 5.73 Å². The molecule has 180 valence electrons. The molecule has 1 aromatic carbocycles. The van der Waals surface area contributed by atoms with Gasteiger partial charge in [0.05, 0.1) is 11.7 Å². The monoisotopic (exact) mass is 483 g/mol. The Kier molecular flexibility index (Phi) is 8.16. The van der Waals surface area contributed by atoms with Crippen LogP contribution in [0.15, 0.2) is 24.3 Å². The Morgan fingerprint density at radius 2 is 2.06 bits per heavy atom. The van der Waals surface area contributed by atoms with Crippen molar-refractivity contribution in [1.29, 1.82) is 0 Å². The van der Waals surface area contributed by atoms with Gasteiger partial charge in [-0.1, -0.05) is 17.7 Å². The molecule has 1 aromatic heterocycles. The number of amides is 3. The van der Waals surface area contributed by atoms with Gasteiger partial charge in [0.1, 0.15) is 10.6 Å². The number of alkyl halides is 2. The summed E-state index contributed by atoms with van der Waals surface area (Å²) in [5.41, 5.74) is 5.30. The van der Waals surface area contributed by atoms with Gasteiger partial charge in [0, 0.05) is 19.6 Å². The SMILES string of the molecule is Cc1ccc(C(F)(F)Oc2nsc(NC(=O)NCCCCN3CCC(O)C3)c2C(N)=O)cc1. The van der Waals surface area contributed by atoms with E-state index >= 15 is 0 Å². The number of anilines is 1. The van der Waals surface area contributed by atoms with E-state index in [0.717, 1.165) is 31.5 Å². The van der Waals surface area contributed by atoms with E-state index in [9.17, 15) is 23.5 Å². The molecule has 1 fully saturated rings. The number of aromatic nitrogens is 1. The highest BCUT2D eigenvalue weighted by molar-refractivity contribution is 7.11. The summed E-state index contributed by atoms with van der Waals surface area (Å²) in [6, 6.07) is 4.83. The maximum absolute atomic E-state index is 14.5. The van der Waals surface area contributed by atoms with Gasteiger partial charge in [0.15, 0.2) is 0 Å². The van der Waals surface area contributed by atoms with Gasteiger partial charge in [-0.2, -0.15) is 13.2 Å². The van der Waals surface area contributed by atoms with E-state index < -0.39 is 35.1 Å². The van der Waals surface area contributed by atoms with Crippen LogP contribution in [0.4, 0.5) is 18.6 Å². The number of aliphatic hydroxyl groups excluding tert-OH is 1. The highest BCUT2D eigenvalue weighted by Crippen LogP contribution is 2.37. The Bertz CT molecular complexity index is 970. The van der Waals surface area contributed by atoms with Crippen LogP contribution in [-0.2, 0) is 6.11 Å². The highest BCUT2D eigenvalue weighted by atomic mass is 32.1. The van der Waals surface area contributed by atoms with E-state index in [2.05, 4.69) is 19.9 Å². The number of likely N-dealkylation sites (tertiary alicyclic amines) is 1. The fourth-order valence-corrected chi connectivity index (χ4v) is 4.12. The average molecular weight is 484 g/mol. The van der Waals surface area contributed by atoms with E-state index in [1.54, 1.807) is 6.92 Å². The molecular weight excluding hydrogens is 456 g/mol. The first-order valence-electron chi connectivity index (χ1n) is 10.5. The minimum absolute atomic E-state index is 0.0826. The number of carbonyl (C=O) groups is 2. The van der Waals surface area contributed by atoms with Crippen molar-refractivity contribution < 1.29 is 28.2 Å².